The Morgan fingerprint density at radius 2 is 1.77 bits per heavy atom. The smallest absolute Gasteiger partial charge is 0.244 e. The molecule has 9 nitrogen and oxygen atoms in total. The van der Waals surface area contributed by atoms with E-state index in [0.717, 1.165) is 29.0 Å². The van der Waals surface area contributed by atoms with Crippen molar-refractivity contribution in [3.63, 3.8) is 0 Å². The van der Waals surface area contributed by atoms with Gasteiger partial charge in [-0.05, 0) is 43.2 Å². The minimum atomic E-state index is -3.84. The van der Waals surface area contributed by atoms with Crippen molar-refractivity contribution in [3.05, 3.63) is 54.1 Å². The normalized spacial score (nSPS) is 11.9. The molecule has 10 heteroatoms. The summed E-state index contributed by atoms with van der Waals surface area (Å²) in [5.74, 6) is 0.0948. The summed E-state index contributed by atoms with van der Waals surface area (Å²) in [6.07, 6.45) is 2.77. The first kappa shape index (κ1) is 28.0. The Balaban J connectivity index is 2.40. The fourth-order valence-corrected chi connectivity index (χ4v) is 4.37. The SMILES string of the molecule is CCCCNC(=O)C(C)N(Cc1cccc(OC)c1)C(=O)CN(c1ccccc1OC)S(C)(=O)=O. The highest BCUT2D eigenvalue weighted by atomic mass is 32.2. The van der Waals surface area contributed by atoms with Crippen LogP contribution in [0.4, 0.5) is 5.69 Å². The molecular weight excluding hydrogens is 470 g/mol. The van der Waals surface area contributed by atoms with E-state index in [4.69, 9.17) is 9.47 Å². The van der Waals surface area contributed by atoms with Crippen LogP contribution in [0.25, 0.3) is 0 Å². The average molecular weight is 506 g/mol. The summed E-state index contributed by atoms with van der Waals surface area (Å²) < 4.78 is 37.0. The standard InChI is InChI=1S/C25H35N3O6S/c1-6-7-15-26-25(30)19(2)27(17-20-11-10-12-21(16-20)33-3)24(29)18-28(35(5,31)32)22-13-8-9-14-23(22)34-4/h8-14,16,19H,6-7,15,17-18H2,1-5H3,(H,26,30). The number of carbonyl (C=O) groups excluding carboxylic acids is 2. The third-order valence-corrected chi connectivity index (χ3v) is 6.64. The number of hydrogen-bond donors (Lipinski definition) is 1. The van der Waals surface area contributed by atoms with Gasteiger partial charge in [-0.2, -0.15) is 0 Å². The number of benzene rings is 2. The van der Waals surface area contributed by atoms with Gasteiger partial charge in [-0.1, -0.05) is 37.6 Å². The molecule has 1 N–H and O–H groups in total. The van der Waals surface area contributed by atoms with E-state index in [0.29, 0.717) is 18.0 Å². The van der Waals surface area contributed by atoms with Gasteiger partial charge in [-0.25, -0.2) is 8.42 Å². The molecule has 192 valence electrons. The van der Waals surface area contributed by atoms with Gasteiger partial charge in [-0.3, -0.25) is 13.9 Å². The molecule has 0 fully saturated rings. The van der Waals surface area contributed by atoms with Crippen LogP contribution in [-0.2, 0) is 26.2 Å². The van der Waals surface area contributed by atoms with Crippen LogP contribution in [0.15, 0.2) is 48.5 Å². The maximum Gasteiger partial charge on any atom is 0.244 e. The van der Waals surface area contributed by atoms with E-state index in [1.165, 1.54) is 12.0 Å². The highest BCUT2D eigenvalue weighted by Crippen LogP contribution is 2.29. The molecule has 0 radical (unpaired) electrons. The molecule has 0 bridgehead atoms. The zero-order valence-electron chi connectivity index (χ0n) is 21.0. The number of nitrogens with zero attached hydrogens (tertiary/aromatic N) is 2. The lowest BCUT2D eigenvalue weighted by Crippen LogP contribution is -2.51. The van der Waals surface area contributed by atoms with Crippen LogP contribution in [-0.4, -0.2) is 64.7 Å². The Morgan fingerprint density at radius 1 is 1.06 bits per heavy atom. The van der Waals surface area contributed by atoms with Crippen molar-refractivity contribution < 1.29 is 27.5 Å². The quantitative estimate of drug-likeness (QED) is 0.420. The van der Waals surface area contributed by atoms with Crippen LogP contribution in [0.5, 0.6) is 11.5 Å². The first-order valence-electron chi connectivity index (χ1n) is 11.4. The Morgan fingerprint density at radius 3 is 2.40 bits per heavy atom. The molecule has 2 rings (SSSR count). The molecule has 2 amide bonds. The maximum absolute atomic E-state index is 13.6. The minimum absolute atomic E-state index is 0.0991. The molecule has 0 heterocycles. The first-order chi connectivity index (χ1) is 16.6. The molecular formula is C25H35N3O6S. The van der Waals surface area contributed by atoms with E-state index in [2.05, 4.69) is 5.32 Å². The lowest BCUT2D eigenvalue weighted by molar-refractivity contribution is -0.139. The summed E-state index contributed by atoms with van der Waals surface area (Å²) in [7, 11) is -0.867. The van der Waals surface area contributed by atoms with Crippen molar-refractivity contribution in [2.24, 2.45) is 0 Å². The lowest BCUT2D eigenvalue weighted by atomic mass is 10.1. The van der Waals surface area contributed by atoms with Gasteiger partial charge < -0.3 is 19.7 Å². The number of methoxy groups -OCH3 is 2. The Kier molecular flexibility index (Phi) is 10.4. The summed E-state index contributed by atoms with van der Waals surface area (Å²) in [5.41, 5.74) is 0.987. The van der Waals surface area contributed by atoms with Crippen molar-refractivity contribution >= 4 is 27.5 Å². The molecule has 0 aliphatic carbocycles. The zero-order chi connectivity index (χ0) is 26.0. The Labute approximate surface area is 208 Å². The van der Waals surface area contributed by atoms with Gasteiger partial charge in [0, 0.05) is 13.1 Å². The number of unbranched alkanes of at least 4 members (excludes halogenated alkanes) is 1. The van der Waals surface area contributed by atoms with E-state index < -0.39 is 28.5 Å². The number of hydrogen-bond acceptors (Lipinski definition) is 6. The van der Waals surface area contributed by atoms with Gasteiger partial charge >= 0.3 is 0 Å². The summed E-state index contributed by atoms with van der Waals surface area (Å²) in [6.45, 7) is 3.76. The molecule has 0 aliphatic heterocycles. The molecule has 1 unspecified atom stereocenters. The lowest BCUT2D eigenvalue weighted by Gasteiger charge is -2.32. The van der Waals surface area contributed by atoms with Crippen molar-refractivity contribution in [2.45, 2.75) is 39.3 Å². The van der Waals surface area contributed by atoms with Crippen LogP contribution in [0.3, 0.4) is 0 Å². The van der Waals surface area contributed by atoms with Crippen LogP contribution >= 0.6 is 0 Å². The van der Waals surface area contributed by atoms with Crippen LogP contribution in [0.1, 0.15) is 32.3 Å². The minimum Gasteiger partial charge on any atom is -0.497 e. The van der Waals surface area contributed by atoms with Gasteiger partial charge in [-0.15, -0.1) is 0 Å². The predicted octanol–water partition coefficient (Wildman–Crippen LogP) is 2.80. The number of rotatable bonds is 13. The molecule has 0 aromatic heterocycles. The number of para-hydroxylation sites is 2. The third-order valence-electron chi connectivity index (χ3n) is 5.52. The molecule has 0 aliphatic rings. The molecule has 35 heavy (non-hydrogen) atoms. The molecule has 1 atom stereocenters. The zero-order valence-corrected chi connectivity index (χ0v) is 21.8. The summed E-state index contributed by atoms with van der Waals surface area (Å²) in [6, 6.07) is 12.9. The van der Waals surface area contributed by atoms with Crippen molar-refractivity contribution in [3.8, 4) is 11.5 Å². The van der Waals surface area contributed by atoms with E-state index in [9.17, 15) is 18.0 Å². The van der Waals surface area contributed by atoms with E-state index >= 15 is 0 Å². The molecule has 0 saturated heterocycles. The second-order valence-electron chi connectivity index (χ2n) is 8.14. The second kappa shape index (κ2) is 13.0. The number of sulfonamides is 1. The van der Waals surface area contributed by atoms with E-state index in [-0.39, 0.29) is 18.1 Å². The van der Waals surface area contributed by atoms with Gasteiger partial charge in [0.25, 0.3) is 0 Å². The van der Waals surface area contributed by atoms with Crippen LogP contribution < -0.4 is 19.1 Å². The largest absolute Gasteiger partial charge is 0.497 e. The number of ether oxygens (including phenoxy) is 2. The fraction of sp³-hybridized carbons (Fsp3) is 0.440. The first-order valence-corrected chi connectivity index (χ1v) is 13.3. The fourth-order valence-electron chi connectivity index (χ4n) is 3.52. The molecule has 0 saturated carbocycles. The molecule has 0 spiro atoms. The van der Waals surface area contributed by atoms with Gasteiger partial charge in [0.05, 0.1) is 26.2 Å². The van der Waals surface area contributed by atoms with Crippen LogP contribution in [0, 0.1) is 0 Å². The van der Waals surface area contributed by atoms with E-state index in [1.807, 2.05) is 13.0 Å². The molecule has 2 aromatic carbocycles. The van der Waals surface area contributed by atoms with Gasteiger partial charge in [0.15, 0.2) is 0 Å². The van der Waals surface area contributed by atoms with Crippen molar-refractivity contribution in [1.29, 1.82) is 0 Å². The maximum atomic E-state index is 13.6. The highest BCUT2D eigenvalue weighted by Gasteiger charge is 2.31. The summed E-state index contributed by atoms with van der Waals surface area (Å²) in [5, 5.41) is 2.85. The predicted molar refractivity (Wildman–Crippen MR) is 136 cm³/mol. The topological polar surface area (TPSA) is 105 Å². The van der Waals surface area contributed by atoms with Crippen molar-refractivity contribution in [2.75, 3.05) is 37.9 Å². The van der Waals surface area contributed by atoms with Gasteiger partial charge in [0.1, 0.15) is 24.1 Å². The number of nitrogens with one attached hydrogen (secondary N) is 1. The Bertz CT molecular complexity index is 1110. The highest BCUT2D eigenvalue weighted by molar-refractivity contribution is 7.92. The number of amides is 2. The van der Waals surface area contributed by atoms with Crippen LogP contribution in [0.2, 0.25) is 0 Å². The number of carbonyl (C=O) groups is 2. The molecule has 2 aromatic rings. The third kappa shape index (κ3) is 7.88. The summed E-state index contributed by atoms with van der Waals surface area (Å²) in [4.78, 5) is 27.8. The van der Waals surface area contributed by atoms with Crippen molar-refractivity contribution in [1.82, 2.24) is 10.2 Å². The van der Waals surface area contributed by atoms with E-state index in [1.54, 1.807) is 56.5 Å². The number of anilines is 1. The Hall–Kier alpha value is -3.27. The monoisotopic (exact) mass is 505 g/mol. The van der Waals surface area contributed by atoms with Gasteiger partial charge in [0.2, 0.25) is 21.8 Å². The summed E-state index contributed by atoms with van der Waals surface area (Å²) >= 11 is 0. The second-order valence-corrected chi connectivity index (χ2v) is 10.0. The average Bonchev–Trinajstić information content (AvgIpc) is 2.84.